The monoisotopic (exact) mass is 264 g/mol. The second kappa shape index (κ2) is 6.78. The highest BCUT2D eigenvalue weighted by molar-refractivity contribution is 5.49. The van der Waals surface area contributed by atoms with Crippen LogP contribution >= 0.6 is 0 Å². The van der Waals surface area contributed by atoms with Crippen LogP contribution < -0.4 is 20.1 Å². The highest BCUT2D eigenvalue weighted by Crippen LogP contribution is 2.31. The van der Waals surface area contributed by atoms with Crippen LogP contribution in [0, 0.1) is 12.8 Å². The van der Waals surface area contributed by atoms with Gasteiger partial charge in [-0.15, -0.1) is 0 Å². The second-order valence-electron chi connectivity index (χ2n) is 5.06. The van der Waals surface area contributed by atoms with Gasteiger partial charge in [0.05, 0.1) is 14.2 Å². The maximum Gasteiger partial charge on any atom is 0.128 e. The first-order valence-electron chi connectivity index (χ1n) is 6.88. The summed E-state index contributed by atoms with van der Waals surface area (Å²) in [6.07, 6.45) is 0.980. The lowest BCUT2D eigenvalue weighted by atomic mass is 10.0. The van der Waals surface area contributed by atoms with E-state index in [1.54, 1.807) is 14.2 Å². The van der Waals surface area contributed by atoms with Crippen molar-refractivity contribution in [3.05, 3.63) is 23.3 Å². The zero-order chi connectivity index (χ0) is 13.7. The lowest BCUT2D eigenvalue weighted by molar-refractivity contribution is 0.332. The Labute approximate surface area is 115 Å². The third-order valence-corrected chi connectivity index (χ3v) is 3.73. The van der Waals surface area contributed by atoms with Gasteiger partial charge in [0, 0.05) is 25.2 Å². The van der Waals surface area contributed by atoms with E-state index in [-0.39, 0.29) is 0 Å². The van der Waals surface area contributed by atoms with Crippen LogP contribution in [-0.2, 0) is 6.42 Å². The van der Waals surface area contributed by atoms with Gasteiger partial charge in [-0.05, 0) is 37.4 Å². The van der Waals surface area contributed by atoms with E-state index >= 15 is 0 Å². The standard InChI is InChI=1S/C15H24N2O2/c1-11-14(18-2)5-4-13(15(11)19-3)6-7-16-8-12-9-17-10-12/h4-5,12,16-17H,6-10H2,1-3H3. The van der Waals surface area contributed by atoms with E-state index in [2.05, 4.69) is 16.7 Å². The van der Waals surface area contributed by atoms with Crippen molar-refractivity contribution in [1.29, 1.82) is 0 Å². The Morgan fingerprint density at radius 2 is 2.05 bits per heavy atom. The molecule has 0 atom stereocenters. The molecule has 0 amide bonds. The first-order chi connectivity index (χ1) is 9.26. The number of nitrogens with one attached hydrogen (secondary N) is 2. The molecule has 1 aromatic carbocycles. The molecule has 4 heteroatoms. The fraction of sp³-hybridized carbons (Fsp3) is 0.600. The molecule has 1 aliphatic rings. The first kappa shape index (κ1) is 14.2. The summed E-state index contributed by atoms with van der Waals surface area (Å²) >= 11 is 0. The summed E-state index contributed by atoms with van der Waals surface area (Å²) in [5, 5.41) is 6.79. The van der Waals surface area contributed by atoms with Crippen molar-refractivity contribution in [2.45, 2.75) is 13.3 Å². The number of hydrogen-bond acceptors (Lipinski definition) is 4. The molecular formula is C15H24N2O2. The zero-order valence-corrected chi connectivity index (χ0v) is 12.1. The number of rotatable bonds is 7. The number of benzene rings is 1. The van der Waals surface area contributed by atoms with Crippen molar-refractivity contribution in [2.24, 2.45) is 5.92 Å². The van der Waals surface area contributed by atoms with Gasteiger partial charge in [0.2, 0.25) is 0 Å². The fourth-order valence-corrected chi connectivity index (χ4v) is 2.45. The van der Waals surface area contributed by atoms with Crippen LogP contribution in [0.4, 0.5) is 0 Å². The van der Waals surface area contributed by atoms with Gasteiger partial charge >= 0.3 is 0 Å². The Morgan fingerprint density at radius 3 is 2.63 bits per heavy atom. The van der Waals surface area contributed by atoms with Gasteiger partial charge in [-0.2, -0.15) is 0 Å². The van der Waals surface area contributed by atoms with Gasteiger partial charge in [0.25, 0.3) is 0 Å². The smallest absolute Gasteiger partial charge is 0.128 e. The predicted octanol–water partition coefficient (Wildman–Crippen LogP) is 1.36. The largest absolute Gasteiger partial charge is 0.496 e. The number of methoxy groups -OCH3 is 2. The lowest BCUT2D eigenvalue weighted by Gasteiger charge is -2.27. The van der Waals surface area contributed by atoms with Gasteiger partial charge in [0.1, 0.15) is 11.5 Å². The highest BCUT2D eigenvalue weighted by atomic mass is 16.5. The van der Waals surface area contributed by atoms with Gasteiger partial charge in [0.15, 0.2) is 0 Å². The van der Waals surface area contributed by atoms with Crippen molar-refractivity contribution in [3.8, 4) is 11.5 Å². The summed E-state index contributed by atoms with van der Waals surface area (Å²) in [5.41, 5.74) is 2.31. The van der Waals surface area contributed by atoms with Crippen LogP contribution in [0.1, 0.15) is 11.1 Å². The quantitative estimate of drug-likeness (QED) is 0.730. The third-order valence-electron chi connectivity index (χ3n) is 3.73. The average Bonchev–Trinajstić information content (AvgIpc) is 2.36. The Hall–Kier alpha value is -1.26. The molecule has 0 saturated carbocycles. The van der Waals surface area contributed by atoms with Gasteiger partial charge in [-0.25, -0.2) is 0 Å². The minimum atomic E-state index is 0.805. The van der Waals surface area contributed by atoms with Crippen LogP contribution in [0.15, 0.2) is 12.1 Å². The summed E-state index contributed by atoms with van der Waals surface area (Å²) < 4.78 is 10.8. The molecule has 1 aliphatic heterocycles. The molecule has 0 radical (unpaired) electrons. The molecule has 106 valence electrons. The van der Waals surface area contributed by atoms with E-state index in [0.717, 1.165) is 55.6 Å². The van der Waals surface area contributed by atoms with Crippen molar-refractivity contribution in [1.82, 2.24) is 10.6 Å². The van der Waals surface area contributed by atoms with Crippen molar-refractivity contribution < 1.29 is 9.47 Å². The Balaban J connectivity index is 1.89. The molecule has 4 nitrogen and oxygen atoms in total. The molecular weight excluding hydrogens is 240 g/mol. The molecule has 0 bridgehead atoms. The normalized spacial score (nSPS) is 15.1. The van der Waals surface area contributed by atoms with Gasteiger partial charge < -0.3 is 20.1 Å². The predicted molar refractivity (Wildman–Crippen MR) is 77.2 cm³/mol. The lowest BCUT2D eigenvalue weighted by Crippen LogP contribution is -2.47. The summed E-state index contributed by atoms with van der Waals surface area (Å²) in [6, 6.07) is 4.11. The Morgan fingerprint density at radius 1 is 1.26 bits per heavy atom. The van der Waals surface area contributed by atoms with Crippen molar-refractivity contribution >= 4 is 0 Å². The van der Waals surface area contributed by atoms with Crippen molar-refractivity contribution in [3.63, 3.8) is 0 Å². The van der Waals surface area contributed by atoms with E-state index in [4.69, 9.17) is 9.47 Å². The van der Waals surface area contributed by atoms with Crippen molar-refractivity contribution in [2.75, 3.05) is 40.4 Å². The molecule has 1 aromatic rings. The van der Waals surface area contributed by atoms with Crippen LogP contribution in [0.5, 0.6) is 11.5 Å². The topological polar surface area (TPSA) is 42.5 Å². The number of ether oxygens (including phenoxy) is 2. The third kappa shape index (κ3) is 3.39. The van der Waals surface area contributed by atoms with Crippen LogP contribution in [0.25, 0.3) is 0 Å². The minimum Gasteiger partial charge on any atom is -0.496 e. The highest BCUT2D eigenvalue weighted by Gasteiger charge is 2.15. The molecule has 0 unspecified atom stereocenters. The van der Waals surface area contributed by atoms with Gasteiger partial charge in [-0.1, -0.05) is 6.07 Å². The van der Waals surface area contributed by atoms with Crippen LogP contribution in [0.2, 0.25) is 0 Å². The molecule has 1 fully saturated rings. The molecule has 19 heavy (non-hydrogen) atoms. The first-order valence-corrected chi connectivity index (χ1v) is 6.88. The summed E-state index contributed by atoms with van der Waals surface area (Å²) in [5.74, 6) is 2.64. The van der Waals surface area contributed by atoms with E-state index in [9.17, 15) is 0 Å². The molecule has 2 N–H and O–H groups in total. The molecule has 1 saturated heterocycles. The molecule has 2 rings (SSSR count). The zero-order valence-electron chi connectivity index (χ0n) is 12.1. The second-order valence-corrected chi connectivity index (χ2v) is 5.06. The molecule has 1 heterocycles. The van der Waals surface area contributed by atoms with E-state index in [1.165, 1.54) is 5.56 Å². The Kier molecular flexibility index (Phi) is 5.05. The fourth-order valence-electron chi connectivity index (χ4n) is 2.45. The van der Waals surface area contributed by atoms with Crippen LogP contribution in [0.3, 0.4) is 0 Å². The molecule has 0 aliphatic carbocycles. The van der Waals surface area contributed by atoms with Crippen LogP contribution in [-0.4, -0.2) is 40.4 Å². The maximum atomic E-state index is 5.51. The summed E-state index contributed by atoms with van der Waals surface area (Å²) in [6.45, 7) is 6.42. The molecule has 0 aromatic heterocycles. The Bertz CT molecular complexity index is 417. The minimum absolute atomic E-state index is 0.805. The maximum absolute atomic E-state index is 5.51. The van der Waals surface area contributed by atoms with E-state index in [1.807, 2.05) is 13.0 Å². The number of hydrogen-bond donors (Lipinski definition) is 2. The van der Waals surface area contributed by atoms with Gasteiger partial charge in [-0.3, -0.25) is 0 Å². The summed E-state index contributed by atoms with van der Waals surface area (Å²) in [4.78, 5) is 0. The SMILES string of the molecule is COc1ccc(CCNCC2CNC2)c(OC)c1C. The molecule has 0 spiro atoms. The van der Waals surface area contributed by atoms with E-state index in [0.29, 0.717) is 0 Å². The van der Waals surface area contributed by atoms with E-state index < -0.39 is 0 Å². The summed E-state index contributed by atoms with van der Waals surface area (Å²) in [7, 11) is 3.41. The average molecular weight is 264 g/mol.